The van der Waals surface area contributed by atoms with E-state index >= 15 is 0 Å². The number of carbonyl (C=O) groups is 5. The van der Waals surface area contributed by atoms with Crippen LogP contribution in [0.2, 0.25) is 0 Å². The van der Waals surface area contributed by atoms with Crippen LogP contribution in [0.5, 0.6) is 0 Å². The van der Waals surface area contributed by atoms with Crippen molar-refractivity contribution in [3.63, 3.8) is 0 Å². The van der Waals surface area contributed by atoms with Gasteiger partial charge in [0, 0.05) is 25.4 Å². The van der Waals surface area contributed by atoms with Gasteiger partial charge >= 0.3 is 29.6 Å². The summed E-state index contributed by atoms with van der Waals surface area (Å²) < 4.78 is 35.1. The summed E-state index contributed by atoms with van der Waals surface area (Å²) in [5.41, 5.74) is -2.78. The molecule has 226 valence electrons. The van der Waals surface area contributed by atoms with Crippen LogP contribution in [0.15, 0.2) is 0 Å². The Kier molecular flexibility index (Phi) is 12.0. The van der Waals surface area contributed by atoms with E-state index in [0.29, 0.717) is 13.0 Å². The number of amides is 4. The fourth-order valence-corrected chi connectivity index (χ4v) is 6.73. The van der Waals surface area contributed by atoms with Gasteiger partial charge in [-0.2, -0.15) is 0 Å². The Morgan fingerprint density at radius 3 is 2.34 bits per heavy atom. The summed E-state index contributed by atoms with van der Waals surface area (Å²) in [5, 5.41) is 18.0. The first-order valence-electron chi connectivity index (χ1n) is 13.8. The van der Waals surface area contributed by atoms with Crippen LogP contribution in [0.25, 0.3) is 0 Å². The molecule has 2 saturated heterocycles. The Hall–Kier alpha value is -1.58. The molecule has 1 unspecified atom stereocenters. The number of piperidine rings is 1. The summed E-state index contributed by atoms with van der Waals surface area (Å²) in [7, 11) is -5.24. The van der Waals surface area contributed by atoms with E-state index in [1.165, 1.54) is 4.90 Å². The number of carbonyl (C=O) groups excluding carboxylic acids is 5. The first-order chi connectivity index (χ1) is 18.5. The number of hydrogen-bond donors (Lipinski definition) is 4. The van der Waals surface area contributed by atoms with E-state index in [-0.39, 0.29) is 96.6 Å². The molecule has 2 heterocycles. The van der Waals surface area contributed by atoms with Gasteiger partial charge in [0.25, 0.3) is 0 Å². The van der Waals surface area contributed by atoms with Crippen molar-refractivity contribution in [2.45, 2.75) is 90.3 Å². The Morgan fingerprint density at radius 2 is 1.83 bits per heavy atom. The van der Waals surface area contributed by atoms with Crippen molar-refractivity contribution < 1.29 is 71.6 Å². The van der Waals surface area contributed by atoms with Gasteiger partial charge in [0.1, 0.15) is 28.0 Å². The van der Waals surface area contributed by atoms with Gasteiger partial charge in [0.15, 0.2) is 5.44 Å². The molecule has 0 aromatic rings. The fraction of sp³-hybridized carbons (Fsp3) is 0.808. The van der Waals surface area contributed by atoms with Gasteiger partial charge < -0.3 is 30.5 Å². The van der Waals surface area contributed by atoms with Crippen LogP contribution in [0.1, 0.15) is 66.7 Å². The zero-order valence-corrected chi connectivity index (χ0v) is 27.5. The van der Waals surface area contributed by atoms with Crippen molar-refractivity contribution in [3.8, 4) is 0 Å². The molecule has 4 amide bonds. The Balaban J connectivity index is 0.00000588. The molecule has 4 N–H and O–H groups in total. The largest absolute Gasteiger partial charge is 1.00 e. The maximum absolute atomic E-state index is 13.8. The topological polar surface area (TPSA) is 202 Å². The Bertz CT molecular complexity index is 1150. The molecule has 0 aromatic carbocycles. The van der Waals surface area contributed by atoms with Crippen molar-refractivity contribution in [1.29, 1.82) is 0 Å². The summed E-state index contributed by atoms with van der Waals surface area (Å²) in [5.74, 6) is -3.49. The molecule has 0 bridgehead atoms. The smallest absolute Gasteiger partial charge is 0.746 e. The van der Waals surface area contributed by atoms with Gasteiger partial charge in [0.2, 0.25) is 23.6 Å². The van der Waals surface area contributed by atoms with Crippen molar-refractivity contribution in [3.05, 3.63) is 0 Å². The normalized spacial score (nSPS) is 26.7. The van der Waals surface area contributed by atoms with E-state index in [4.69, 9.17) is 0 Å². The third-order valence-corrected chi connectivity index (χ3v) is 9.44. The number of rotatable bonds is 13. The van der Waals surface area contributed by atoms with Crippen LogP contribution < -0.4 is 45.5 Å². The van der Waals surface area contributed by atoms with Gasteiger partial charge in [0.05, 0.1) is 12.5 Å². The minimum absolute atomic E-state index is 0. The van der Waals surface area contributed by atoms with Crippen molar-refractivity contribution in [2.75, 3.05) is 13.1 Å². The zero-order chi connectivity index (χ0) is 30.2. The average Bonchev–Trinajstić information content (AvgIpc) is 3.19. The summed E-state index contributed by atoms with van der Waals surface area (Å²) in [6.07, 6.45) is 0.159. The van der Waals surface area contributed by atoms with Gasteiger partial charge in [-0.15, -0.1) is 0 Å². The minimum Gasteiger partial charge on any atom is -0.746 e. The molecule has 1 aliphatic carbocycles. The Morgan fingerprint density at radius 1 is 1.20 bits per heavy atom. The van der Waals surface area contributed by atoms with Gasteiger partial charge in [-0.1, -0.05) is 34.6 Å². The van der Waals surface area contributed by atoms with E-state index in [1.807, 2.05) is 27.7 Å². The van der Waals surface area contributed by atoms with Crippen LogP contribution in [0, 0.1) is 29.1 Å². The van der Waals surface area contributed by atoms with Crippen molar-refractivity contribution in [1.82, 2.24) is 20.9 Å². The number of Topliss-reactive ketones (excluding diaryl/α,β-unsaturated/α-hetero) is 1. The quantitative estimate of drug-likeness (QED) is 0.0920. The molecule has 15 heteroatoms. The fourth-order valence-electron chi connectivity index (χ4n) is 6.15. The predicted molar refractivity (Wildman–Crippen MR) is 141 cm³/mol. The molecule has 2 aliphatic heterocycles. The molecule has 0 aromatic heterocycles. The minimum atomic E-state index is -5.24. The second-order valence-corrected chi connectivity index (χ2v) is 13.7. The molecule has 0 radical (unpaired) electrons. The number of likely N-dealkylation sites (tertiary alicyclic amines) is 1. The van der Waals surface area contributed by atoms with Crippen molar-refractivity contribution in [2.24, 2.45) is 29.1 Å². The molecule has 13 nitrogen and oxygen atoms in total. The van der Waals surface area contributed by atoms with Gasteiger partial charge in [-0.25, -0.2) is 8.42 Å². The second kappa shape index (κ2) is 13.8. The molecule has 41 heavy (non-hydrogen) atoms. The van der Waals surface area contributed by atoms with Crippen molar-refractivity contribution >= 4 is 39.5 Å². The van der Waals surface area contributed by atoms with Crippen LogP contribution in [-0.4, -0.2) is 89.0 Å². The van der Waals surface area contributed by atoms with Crippen LogP contribution >= 0.6 is 0 Å². The number of hydrogen-bond acceptors (Lipinski definition) is 9. The monoisotopic (exact) mass is 608 g/mol. The van der Waals surface area contributed by atoms with E-state index in [0.717, 1.165) is 0 Å². The van der Waals surface area contributed by atoms with Crippen LogP contribution in [-0.2, 0) is 34.1 Å². The third kappa shape index (κ3) is 8.29. The molecule has 0 spiro atoms. The molecule has 3 aliphatic rings. The molecular formula is C26H41N4NaO9S. The number of ketones is 1. The number of aliphatic hydroxyl groups excluding tert-OH is 1. The zero-order valence-electron chi connectivity index (χ0n) is 24.6. The van der Waals surface area contributed by atoms with E-state index < -0.39 is 57.3 Å². The van der Waals surface area contributed by atoms with E-state index in [2.05, 4.69) is 16.0 Å². The summed E-state index contributed by atoms with van der Waals surface area (Å²) in [6.45, 7) is 9.84. The molecular weight excluding hydrogens is 567 g/mol. The first kappa shape index (κ1) is 35.6. The molecule has 1 saturated carbocycles. The summed E-state index contributed by atoms with van der Waals surface area (Å²) in [4.78, 5) is 65.2. The molecule has 7 atom stereocenters. The summed E-state index contributed by atoms with van der Waals surface area (Å²) >= 11 is 0. The number of nitrogens with zero attached hydrogens (tertiary/aromatic N) is 1. The van der Waals surface area contributed by atoms with E-state index in [9.17, 15) is 42.0 Å². The predicted octanol–water partition coefficient (Wildman–Crippen LogP) is -3.75. The average molecular weight is 609 g/mol. The second-order valence-electron chi connectivity index (χ2n) is 12.2. The molecule has 3 fully saturated rings. The first-order valence-corrected chi connectivity index (χ1v) is 15.3. The summed E-state index contributed by atoms with van der Waals surface area (Å²) in [6, 6.07) is -3.59. The Labute approximate surface area is 263 Å². The van der Waals surface area contributed by atoms with Gasteiger partial charge in [-0.05, 0) is 42.4 Å². The van der Waals surface area contributed by atoms with Crippen LogP contribution in [0.4, 0.5) is 0 Å². The SMILES string of the molecule is CCC(=O)CC(=O)N[C@@H](CC(C)C)C(=O)N1C[C@H]2[C@@H]([C@H]1C(=O)N[C@@H](C[C@@H]1CCNC1=O)C(O)S(=O)(=O)[O-])C2(C)C.[Na+]. The van der Waals surface area contributed by atoms with E-state index in [1.54, 1.807) is 6.92 Å². The number of nitrogens with one attached hydrogen (secondary N) is 3. The maximum Gasteiger partial charge on any atom is 1.00 e. The maximum atomic E-state index is 13.8. The van der Waals surface area contributed by atoms with Gasteiger partial charge in [-0.3, -0.25) is 24.0 Å². The van der Waals surface area contributed by atoms with Crippen LogP contribution in [0.3, 0.4) is 0 Å². The number of fused-ring (bicyclic) bond motifs is 1. The molecule has 3 rings (SSSR count). The number of aliphatic hydroxyl groups is 1. The third-order valence-electron chi connectivity index (χ3n) is 8.52. The standard InChI is InChI=1S/C26H42N4O9S.Na/c1-6-15(31)11-19(32)28-17(9-13(2)3)24(35)30-12-16-20(26(16,4)5)21(30)23(34)29-18(25(36)40(37,38)39)10-14-7-8-27-22(14)33;/h13-14,16-18,20-21,25,36H,6-12H2,1-5H3,(H,27,33)(H,28,32)(H,29,34)(H,37,38,39);/q;+1/p-1/t14-,16-,17-,18-,20-,21-,25?;/m0./s1.